The van der Waals surface area contributed by atoms with Crippen LogP contribution in [0.5, 0.6) is 0 Å². The van der Waals surface area contributed by atoms with Crippen LogP contribution in [0.4, 0.5) is 8.78 Å². The number of hydrogen-bond acceptors (Lipinski definition) is 3. The van der Waals surface area contributed by atoms with Crippen molar-refractivity contribution in [2.75, 3.05) is 5.75 Å². The van der Waals surface area contributed by atoms with Gasteiger partial charge in [0.05, 0.1) is 16.8 Å². The van der Waals surface area contributed by atoms with Crippen molar-refractivity contribution in [3.63, 3.8) is 0 Å². The summed E-state index contributed by atoms with van der Waals surface area (Å²) < 4.78 is 26.4. The van der Waals surface area contributed by atoms with Crippen molar-refractivity contribution >= 4 is 17.7 Å². The number of thioether (sulfide) groups is 1. The highest BCUT2D eigenvalue weighted by molar-refractivity contribution is 7.99. The number of pyridine rings is 1. The number of rotatable bonds is 5. The molecule has 6 heteroatoms. The molecule has 0 aliphatic heterocycles. The molecular weight excluding hydrogens is 294 g/mol. The number of benzene rings is 1. The molecule has 21 heavy (non-hydrogen) atoms. The second-order valence-corrected chi connectivity index (χ2v) is 5.41. The Morgan fingerprint density at radius 3 is 2.81 bits per heavy atom. The Hall–Kier alpha value is -1.95. The quantitative estimate of drug-likeness (QED) is 0.862. The maximum Gasteiger partial charge on any atom is 0.230 e. The molecule has 1 aromatic carbocycles. The number of amides is 1. The minimum Gasteiger partial charge on any atom is -0.349 e. The third-order valence-electron chi connectivity index (χ3n) is 2.80. The lowest BCUT2D eigenvalue weighted by Crippen LogP contribution is -2.28. The van der Waals surface area contributed by atoms with Gasteiger partial charge < -0.3 is 5.32 Å². The zero-order chi connectivity index (χ0) is 15.2. The predicted octanol–water partition coefficient (Wildman–Crippen LogP) is 3.33. The van der Waals surface area contributed by atoms with Crippen molar-refractivity contribution in [1.29, 1.82) is 0 Å². The van der Waals surface area contributed by atoms with Gasteiger partial charge in [-0.1, -0.05) is 23.9 Å². The standard InChI is InChI=1S/C15H14F2N2OS/c1-10(12-6-5-11(16)8-13(12)17)19-14(20)9-21-15-4-2-3-7-18-15/h2-8,10H,9H2,1H3,(H,19,20)/t10-/m0/s1. The SMILES string of the molecule is C[C@H](NC(=O)CSc1ccccn1)c1ccc(F)cc1F. The van der Waals surface area contributed by atoms with Gasteiger partial charge in [-0.05, 0) is 25.1 Å². The first-order valence-electron chi connectivity index (χ1n) is 6.34. The van der Waals surface area contributed by atoms with E-state index >= 15 is 0 Å². The molecule has 3 nitrogen and oxygen atoms in total. The van der Waals surface area contributed by atoms with E-state index in [4.69, 9.17) is 0 Å². The highest BCUT2D eigenvalue weighted by Crippen LogP contribution is 2.18. The lowest BCUT2D eigenvalue weighted by atomic mass is 10.1. The molecule has 0 saturated carbocycles. The molecule has 110 valence electrons. The van der Waals surface area contributed by atoms with Crippen LogP contribution in [0.2, 0.25) is 0 Å². The molecule has 1 atom stereocenters. The Bertz CT molecular complexity index is 622. The fourth-order valence-electron chi connectivity index (χ4n) is 1.79. The van der Waals surface area contributed by atoms with Gasteiger partial charge >= 0.3 is 0 Å². The van der Waals surface area contributed by atoms with E-state index in [1.807, 2.05) is 6.07 Å². The second-order valence-electron chi connectivity index (χ2n) is 4.41. The molecule has 1 N–H and O–H groups in total. The summed E-state index contributed by atoms with van der Waals surface area (Å²) in [5, 5.41) is 3.42. The molecule has 1 amide bonds. The van der Waals surface area contributed by atoms with Crippen LogP contribution in [-0.4, -0.2) is 16.6 Å². The Morgan fingerprint density at radius 1 is 1.33 bits per heavy atom. The number of nitrogens with zero attached hydrogens (tertiary/aromatic N) is 1. The Kier molecular flexibility index (Phi) is 5.27. The topological polar surface area (TPSA) is 42.0 Å². The summed E-state index contributed by atoms with van der Waals surface area (Å²) in [6.45, 7) is 1.65. The summed E-state index contributed by atoms with van der Waals surface area (Å²) in [4.78, 5) is 15.9. The summed E-state index contributed by atoms with van der Waals surface area (Å²) in [7, 11) is 0. The summed E-state index contributed by atoms with van der Waals surface area (Å²) in [5.74, 6) is -1.35. The van der Waals surface area contributed by atoms with Crippen molar-refractivity contribution in [1.82, 2.24) is 10.3 Å². The molecule has 1 heterocycles. The third-order valence-corrected chi connectivity index (χ3v) is 3.74. The normalized spacial score (nSPS) is 12.0. The van der Waals surface area contributed by atoms with Gasteiger partial charge in [0.15, 0.2) is 0 Å². The number of carbonyl (C=O) groups is 1. The molecule has 2 aromatic rings. The number of carbonyl (C=O) groups excluding carboxylic acids is 1. The first kappa shape index (κ1) is 15.4. The zero-order valence-electron chi connectivity index (χ0n) is 11.3. The Balaban J connectivity index is 1.90. The van der Waals surface area contributed by atoms with Gasteiger partial charge in [0.1, 0.15) is 11.6 Å². The van der Waals surface area contributed by atoms with E-state index in [0.29, 0.717) is 0 Å². The molecule has 0 aliphatic rings. The van der Waals surface area contributed by atoms with Crippen LogP contribution >= 0.6 is 11.8 Å². The van der Waals surface area contributed by atoms with Gasteiger partial charge in [-0.2, -0.15) is 0 Å². The van der Waals surface area contributed by atoms with Crippen LogP contribution < -0.4 is 5.32 Å². The van der Waals surface area contributed by atoms with Crippen LogP contribution in [0.3, 0.4) is 0 Å². The van der Waals surface area contributed by atoms with Crippen molar-refractivity contribution in [3.05, 3.63) is 59.8 Å². The second kappa shape index (κ2) is 7.17. The molecule has 0 spiro atoms. The first-order chi connectivity index (χ1) is 10.1. The minimum absolute atomic E-state index is 0.185. The summed E-state index contributed by atoms with van der Waals surface area (Å²) in [6.07, 6.45) is 1.65. The van der Waals surface area contributed by atoms with Crippen molar-refractivity contribution in [2.24, 2.45) is 0 Å². The largest absolute Gasteiger partial charge is 0.349 e. The van der Waals surface area contributed by atoms with E-state index in [0.717, 1.165) is 11.1 Å². The zero-order valence-corrected chi connectivity index (χ0v) is 12.2. The van der Waals surface area contributed by atoms with Crippen molar-refractivity contribution < 1.29 is 13.6 Å². The molecule has 0 saturated heterocycles. The number of hydrogen-bond donors (Lipinski definition) is 1. The van der Waals surface area contributed by atoms with E-state index in [-0.39, 0.29) is 17.2 Å². The molecule has 0 bridgehead atoms. The number of nitrogens with one attached hydrogen (secondary N) is 1. The number of aromatic nitrogens is 1. The highest BCUT2D eigenvalue weighted by Gasteiger charge is 2.14. The maximum atomic E-state index is 13.6. The fraction of sp³-hybridized carbons (Fsp3) is 0.200. The van der Waals surface area contributed by atoms with Crippen LogP contribution in [-0.2, 0) is 4.79 Å². The van der Waals surface area contributed by atoms with Crippen LogP contribution in [0.25, 0.3) is 0 Å². The van der Waals surface area contributed by atoms with Crippen LogP contribution in [0.15, 0.2) is 47.6 Å². The molecule has 0 fully saturated rings. The first-order valence-corrected chi connectivity index (χ1v) is 7.33. The predicted molar refractivity (Wildman–Crippen MR) is 77.9 cm³/mol. The average molecular weight is 308 g/mol. The van der Waals surface area contributed by atoms with E-state index in [1.165, 1.54) is 23.9 Å². The van der Waals surface area contributed by atoms with Gasteiger partial charge in [-0.15, -0.1) is 0 Å². The highest BCUT2D eigenvalue weighted by atomic mass is 32.2. The van der Waals surface area contributed by atoms with Gasteiger partial charge in [-0.3, -0.25) is 4.79 Å². The molecular formula is C15H14F2N2OS. The monoisotopic (exact) mass is 308 g/mol. The fourth-order valence-corrected chi connectivity index (χ4v) is 2.46. The Labute approximate surface area is 125 Å². The molecule has 0 aliphatic carbocycles. The summed E-state index contributed by atoms with van der Waals surface area (Å²) in [6, 6.07) is 8.22. The van der Waals surface area contributed by atoms with E-state index < -0.39 is 17.7 Å². The molecule has 1 aromatic heterocycles. The average Bonchev–Trinajstić information content (AvgIpc) is 2.46. The maximum absolute atomic E-state index is 13.6. The smallest absolute Gasteiger partial charge is 0.230 e. The van der Waals surface area contributed by atoms with Crippen molar-refractivity contribution in [2.45, 2.75) is 18.0 Å². The lowest BCUT2D eigenvalue weighted by Gasteiger charge is -2.15. The van der Waals surface area contributed by atoms with E-state index in [1.54, 1.807) is 25.3 Å². The van der Waals surface area contributed by atoms with E-state index in [2.05, 4.69) is 10.3 Å². The van der Waals surface area contributed by atoms with Gasteiger partial charge in [-0.25, -0.2) is 13.8 Å². The Morgan fingerprint density at radius 2 is 2.14 bits per heavy atom. The molecule has 2 rings (SSSR count). The van der Waals surface area contributed by atoms with Crippen LogP contribution in [0.1, 0.15) is 18.5 Å². The van der Waals surface area contributed by atoms with E-state index in [9.17, 15) is 13.6 Å². The summed E-state index contributed by atoms with van der Waals surface area (Å²) >= 11 is 1.30. The lowest BCUT2D eigenvalue weighted by molar-refractivity contribution is -0.119. The third kappa shape index (κ3) is 4.53. The molecule has 0 radical (unpaired) electrons. The van der Waals surface area contributed by atoms with Crippen molar-refractivity contribution in [3.8, 4) is 0 Å². The minimum atomic E-state index is -0.667. The van der Waals surface area contributed by atoms with Crippen LogP contribution in [0, 0.1) is 11.6 Å². The molecule has 0 unspecified atom stereocenters. The summed E-state index contributed by atoms with van der Waals surface area (Å²) in [5.41, 5.74) is 0.257. The van der Waals surface area contributed by atoms with Gasteiger partial charge in [0, 0.05) is 17.8 Å². The van der Waals surface area contributed by atoms with Gasteiger partial charge in [0.2, 0.25) is 5.91 Å². The van der Waals surface area contributed by atoms with Gasteiger partial charge in [0.25, 0.3) is 0 Å². The number of halogens is 2.